The van der Waals surface area contributed by atoms with Crippen LogP contribution in [0, 0.1) is 17.3 Å². The molecule has 8 heteroatoms. The molecule has 2 heterocycles. The molecule has 0 fully saturated rings. The number of aliphatic hydroxyl groups is 3. The van der Waals surface area contributed by atoms with Gasteiger partial charge in [-0.3, -0.25) is 9.59 Å². The number of cyclic esters (lactones) is 1. The number of rotatable bonds is 2. The summed E-state index contributed by atoms with van der Waals surface area (Å²) in [6.07, 6.45) is 1.86. The molecule has 0 radical (unpaired) electrons. The molecule has 198 valence electrons. The van der Waals surface area contributed by atoms with Crippen molar-refractivity contribution in [2.24, 2.45) is 17.3 Å². The zero-order valence-corrected chi connectivity index (χ0v) is 21.9. The van der Waals surface area contributed by atoms with Crippen LogP contribution in [-0.2, 0) is 20.9 Å². The van der Waals surface area contributed by atoms with Crippen molar-refractivity contribution in [3.05, 3.63) is 41.3 Å². The van der Waals surface area contributed by atoms with Crippen molar-refractivity contribution < 1.29 is 34.1 Å². The lowest BCUT2D eigenvalue weighted by molar-refractivity contribution is -0.155. The number of ketones is 1. The Hall–Kier alpha value is -2.55. The van der Waals surface area contributed by atoms with E-state index in [0.29, 0.717) is 23.1 Å². The van der Waals surface area contributed by atoms with E-state index in [9.17, 15) is 24.9 Å². The maximum atomic E-state index is 13.2. The third-order valence-corrected chi connectivity index (χ3v) is 7.48. The first-order chi connectivity index (χ1) is 16.9. The number of oxazole rings is 1. The second kappa shape index (κ2) is 11.7. The third kappa shape index (κ3) is 6.41. The Labute approximate surface area is 212 Å². The quantitative estimate of drug-likeness (QED) is 0.408. The summed E-state index contributed by atoms with van der Waals surface area (Å²) >= 11 is 0. The Morgan fingerprint density at radius 3 is 2.58 bits per heavy atom. The molecule has 5 atom stereocenters. The number of hydrogen-bond acceptors (Lipinski definition) is 8. The number of benzene rings is 1. The van der Waals surface area contributed by atoms with Crippen molar-refractivity contribution in [1.29, 1.82) is 0 Å². The second-order valence-electron chi connectivity index (χ2n) is 10.7. The standard InChI is InChI=1S/C28H39NO7/c1-16-7-6-8-17(2)26(33)18(3)27(34)28(4,5)23(31)14-25(32)36-21(11-9-16)19-10-12-22-20(13-19)29-24(15-30)35-22/h9-10,12-13,17-18,21,23,26,30-31,33H,6-8,11,14-15H2,1-5H3/t17-,18+,21-,23-,26-/m0/s1. The minimum absolute atomic E-state index is 0.0756. The van der Waals surface area contributed by atoms with E-state index in [2.05, 4.69) is 4.98 Å². The number of aromatic nitrogens is 1. The third-order valence-electron chi connectivity index (χ3n) is 7.48. The lowest BCUT2D eigenvalue weighted by atomic mass is 9.73. The van der Waals surface area contributed by atoms with Crippen LogP contribution in [0.1, 0.15) is 84.3 Å². The van der Waals surface area contributed by atoms with Gasteiger partial charge in [0.1, 0.15) is 24.0 Å². The fraction of sp³-hybridized carbons (Fsp3) is 0.607. The van der Waals surface area contributed by atoms with E-state index in [0.717, 1.165) is 24.8 Å². The molecule has 0 saturated heterocycles. The molecule has 0 bridgehead atoms. The monoisotopic (exact) mass is 501 g/mol. The van der Waals surface area contributed by atoms with E-state index in [-0.39, 0.29) is 30.6 Å². The van der Waals surface area contributed by atoms with E-state index >= 15 is 0 Å². The molecule has 1 aromatic heterocycles. The van der Waals surface area contributed by atoms with Gasteiger partial charge in [0.25, 0.3) is 0 Å². The molecule has 0 amide bonds. The highest BCUT2D eigenvalue weighted by atomic mass is 16.5. The topological polar surface area (TPSA) is 130 Å². The van der Waals surface area contributed by atoms with Gasteiger partial charge in [0, 0.05) is 12.3 Å². The highest BCUT2D eigenvalue weighted by Crippen LogP contribution is 2.33. The molecule has 0 spiro atoms. The molecule has 1 aromatic carbocycles. The van der Waals surface area contributed by atoms with Crippen molar-refractivity contribution in [3.8, 4) is 0 Å². The van der Waals surface area contributed by atoms with Gasteiger partial charge >= 0.3 is 5.97 Å². The highest BCUT2D eigenvalue weighted by molar-refractivity contribution is 5.88. The number of allylic oxidation sites excluding steroid dienone is 1. The summed E-state index contributed by atoms with van der Waals surface area (Å²) in [6.45, 7) is 8.54. The van der Waals surface area contributed by atoms with Crippen LogP contribution in [0.3, 0.4) is 0 Å². The van der Waals surface area contributed by atoms with Crippen LogP contribution in [0.25, 0.3) is 11.1 Å². The fourth-order valence-electron chi connectivity index (χ4n) is 4.81. The SMILES string of the molecule is CC1=CC[C@@H](c2ccc3oc(CO)nc3c2)OC(=O)C[C@H](O)C(C)(C)C(=O)[C@H](C)[C@@H](O)[C@@H](C)CCC1. The lowest BCUT2D eigenvalue weighted by Crippen LogP contribution is -2.45. The van der Waals surface area contributed by atoms with Crippen molar-refractivity contribution in [2.75, 3.05) is 0 Å². The number of nitrogens with zero attached hydrogens (tertiary/aromatic N) is 1. The van der Waals surface area contributed by atoms with Crippen LogP contribution in [0.5, 0.6) is 0 Å². The number of carbonyl (C=O) groups is 2. The minimum Gasteiger partial charge on any atom is -0.457 e. The summed E-state index contributed by atoms with van der Waals surface area (Å²) in [6, 6.07) is 5.29. The van der Waals surface area contributed by atoms with E-state index in [4.69, 9.17) is 9.15 Å². The van der Waals surface area contributed by atoms with Crippen LogP contribution in [0.2, 0.25) is 0 Å². The van der Waals surface area contributed by atoms with Crippen LogP contribution in [-0.4, -0.2) is 44.3 Å². The van der Waals surface area contributed by atoms with Crippen LogP contribution in [0.4, 0.5) is 0 Å². The van der Waals surface area contributed by atoms with E-state index in [1.54, 1.807) is 39.0 Å². The van der Waals surface area contributed by atoms with E-state index < -0.39 is 35.6 Å². The van der Waals surface area contributed by atoms with Crippen molar-refractivity contribution in [2.45, 2.75) is 91.6 Å². The zero-order valence-electron chi connectivity index (χ0n) is 21.9. The molecule has 1 aliphatic heterocycles. The molecule has 2 aromatic rings. The summed E-state index contributed by atoms with van der Waals surface area (Å²) < 4.78 is 11.3. The molecule has 8 nitrogen and oxygen atoms in total. The number of fused-ring (bicyclic) bond motifs is 1. The largest absolute Gasteiger partial charge is 0.457 e. The summed E-state index contributed by atoms with van der Waals surface area (Å²) in [5, 5.41) is 31.0. The molecule has 3 rings (SSSR count). The Morgan fingerprint density at radius 1 is 1.17 bits per heavy atom. The summed E-state index contributed by atoms with van der Waals surface area (Å²) in [4.78, 5) is 30.4. The number of ether oxygens (including phenoxy) is 1. The molecule has 0 unspecified atom stereocenters. The molecular formula is C28H39NO7. The summed E-state index contributed by atoms with van der Waals surface area (Å²) in [7, 11) is 0. The van der Waals surface area contributed by atoms with E-state index in [1.165, 1.54) is 0 Å². The van der Waals surface area contributed by atoms with Crippen LogP contribution >= 0.6 is 0 Å². The lowest BCUT2D eigenvalue weighted by Gasteiger charge is -2.34. The predicted molar refractivity (Wildman–Crippen MR) is 135 cm³/mol. The number of aliphatic hydroxyl groups excluding tert-OH is 3. The zero-order chi connectivity index (χ0) is 26.6. The number of Topliss-reactive ketones (excluding diaryl/α,β-unsaturated/α-hetero) is 1. The Morgan fingerprint density at radius 2 is 1.89 bits per heavy atom. The van der Waals surface area contributed by atoms with Gasteiger partial charge in [0.2, 0.25) is 5.89 Å². The molecule has 1 aliphatic rings. The van der Waals surface area contributed by atoms with Gasteiger partial charge in [0.15, 0.2) is 5.58 Å². The van der Waals surface area contributed by atoms with Gasteiger partial charge in [0.05, 0.1) is 24.0 Å². The number of carbonyl (C=O) groups excluding carboxylic acids is 2. The predicted octanol–water partition coefficient (Wildman–Crippen LogP) is 4.40. The first kappa shape index (κ1) is 28.0. The first-order valence-electron chi connectivity index (χ1n) is 12.7. The number of hydrogen-bond donors (Lipinski definition) is 3. The molecule has 36 heavy (non-hydrogen) atoms. The number of esters is 1. The average molecular weight is 502 g/mol. The Bertz CT molecular complexity index is 1100. The molecule has 0 aliphatic carbocycles. The smallest absolute Gasteiger partial charge is 0.309 e. The van der Waals surface area contributed by atoms with Gasteiger partial charge in [-0.25, -0.2) is 4.98 Å². The van der Waals surface area contributed by atoms with Crippen molar-refractivity contribution in [1.82, 2.24) is 4.98 Å². The fourth-order valence-corrected chi connectivity index (χ4v) is 4.81. The molecule has 3 N–H and O–H groups in total. The first-order valence-corrected chi connectivity index (χ1v) is 12.7. The summed E-state index contributed by atoms with van der Waals surface area (Å²) in [5.41, 5.74) is 1.70. The van der Waals surface area contributed by atoms with Crippen LogP contribution in [0.15, 0.2) is 34.3 Å². The van der Waals surface area contributed by atoms with Gasteiger partial charge in [-0.1, -0.05) is 45.4 Å². The van der Waals surface area contributed by atoms with Gasteiger partial charge in [-0.05, 0) is 49.8 Å². The Balaban J connectivity index is 1.91. The maximum Gasteiger partial charge on any atom is 0.309 e. The van der Waals surface area contributed by atoms with Crippen molar-refractivity contribution in [3.63, 3.8) is 0 Å². The summed E-state index contributed by atoms with van der Waals surface area (Å²) in [5.74, 6) is -1.44. The Kier molecular flexibility index (Phi) is 9.08. The van der Waals surface area contributed by atoms with Gasteiger partial charge in [-0.2, -0.15) is 0 Å². The molecular weight excluding hydrogens is 462 g/mol. The van der Waals surface area contributed by atoms with Crippen molar-refractivity contribution >= 4 is 22.9 Å². The maximum absolute atomic E-state index is 13.2. The van der Waals surface area contributed by atoms with Crippen LogP contribution < -0.4 is 0 Å². The highest BCUT2D eigenvalue weighted by Gasteiger charge is 2.42. The second-order valence-corrected chi connectivity index (χ2v) is 10.7. The average Bonchev–Trinajstić information content (AvgIpc) is 3.26. The van der Waals surface area contributed by atoms with Gasteiger partial charge < -0.3 is 24.5 Å². The molecule has 0 saturated carbocycles. The minimum atomic E-state index is -1.27. The van der Waals surface area contributed by atoms with Gasteiger partial charge in [-0.15, -0.1) is 0 Å². The van der Waals surface area contributed by atoms with E-state index in [1.807, 2.05) is 19.9 Å². The normalized spacial score (nSPS) is 29.1.